The van der Waals surface area contributed by atoms with E-state index in [0.717, 1.165) is 5.75 Å². The molecule has 2 unspecified atom stereocenters. The molecule has 0 heterocycles. The van der Waals surface area contributed by atoms with Crippen molar-refractivity contribution in [3.05, 3.63) is 30.3 Å². The molecule has 114 valence electrons. The first-order valence-corrected chi connectivity index (χ1v) is 7.60. The van der Waals surface area contributed by atoms with Crippen molar-refractivity contribution in [3.8, 4) is 11.8 Å². The van der Waals surface area contributed by atoms with Gasteiger partial charge in [-0.25, -0.2) is 0 Å². The van der Waals surface area contributed by atoms with Gasteiger partial charge in [0.1, 0.15) is 17.9 Å². The van der Waals surface area contributed by atoms with Crippen molar-refractivity contribution in [1.82, 2.24) is 5.32 Å². The summed E-state index contributed by atoms with van der Waals surface area (Å²) in [6.45, 7) is 5.01. The van der Waals surface area contributed by atoms with Crippen molar-refractivity contribution in [3.63, 3.8) is 0 Å². The molecular weight excluding hydrogens is 264 g/mol. The topological polar surface area (TPSA) is 54.3 Å². The molecule has 1 saturated carbocycles. The van der Waals surface area contributed by atoms with Crippen LogP contribution in [0.3, 0.4) is 0 Å². The van der Waals surface area contributed by atoms with Gasteiger partial charge in [0.15, 0.2) is 0 Å². The van der Waals surface area contributed by atoms with Gasteiger partial charge in [-0.2, -0.15) is 5.26 Å². The van der Waals surface area contributed by atoms with Crippen LogP contribution in [0.2, 0.25) is 0 Å². The summed E-state index contributed by atoms with van der Waals surface area (Å²) in [6, 6.07) is 12.6. The Labute approximate surface area is 127 Å². The van der Waals surface area contributed by atoms with Crippen LogP contribution in [0.5, 0.6) is 5.75 Å². The summed E-state index contributed by atoms with van der Waals surface area (Å²) >= 11 is 0. The van der Waals surface area contributed by atoms with E-state index in [1.807, 2.05) is 44.2 Å². The van der Waals surface area contributed by atoms with Crippen molar-refractivity contribution in [2.24, 2.45) is 0 Å². The Morgan fingerprint density at radius 3 is 2.67 bits per heavy atom. The van der Waals surface area contributed by atoms with E-state index < -0.39 is 5.54 Å². The Morgan fingerprint density at radius 1 is 1.33 bits per heavy atom. The van der Waals surface area contributed by atoms with Crippen LogP contribution in [0.4, 0.5) is 0 Å². The minimum Gasteiger partial charge on any atom is -0.491 e. The normalized spacial score (nSPS) is 18.5. The maximum Gasteiger partial charge on any atom is 0.119 e. The zero-order chi connectivity index (χ0) is 15.1. The predicted octanol–water partition coefficient (Wildman–Crippen LogP) is 2.89. The number of nitriles is 1. The van der Waals surface area contributed by atoms with Gasteiger partial charge in [-0.1, -0.05) is 18.2 Å². The summed E-state index contributed by atoms with van der Waals surface area (Å²) in [5.41, 5.74) is -0.499. The molecule has 0 saturated heterocycles. The number of para-hydroxylation sites is 1. The minimum absolute atomic E-state index is 0.0280. The molecule has 2 rings (SSSR count). The highest BCUT2D eigenvalue weighted by molar-refractivity contribution is 5.20. The Bertz CT molecular complexity index is 467. The van der Waals surface area contributed by atoms with E-state index >= 15 is 0 Å². The van der Waals surface area contributed by atoms with Crippen LogP contribution in [-0.2, 0) is 4.74 Å². The highest BCUT2D eigenvalue weighted by Gasteiger charge is 2.33. The number of nitrogens with one attached hydrogen (secondary N) is 1. The van der Waals surface area contributed by atoms with Crippen LogP contribution in [0.25, 0.3) is 0 Å². The zero-order valence-electron chi connectivity index (χ0n) is 12.8. The maximum atomic E-state index is 9.34. The van der Waals surface area contributed by atoms with Crippen LogP contribution < -0.4 is 10.1 Å². The molecule has 0 aromatic heterocycles. The van der Waals surface area contributed by atoms with E-state index in [2.05, 4.69) is 11.4 Å². The second-order valence-corrected chi connectivity index (χ2v) is 5.91. The fraction of sp³-hybridized carbons (Fsp3) is 0.588. The van der Waals surface area contributed by atoms with Gasteiger partial charge in [-0.3, -0.25) is 5.32 Å². The monoisotopic (exact) mass is 288 g/mol. The molecule has 21 heavy (non-hydrogen) atoms. The summed E-state index contributed by atoms with van der Waals surface area (Å²) in [5, 5.41) is 12.7. The van der Waals surface area contributed by atoms with Gasteiger partial charge < -0.3 is 9.47 Å². The van der Waals surface area contributed by atoms with Crippen LogP contribution in [0, 0.1) is 11.3 Å². The first-order valence-electron chi connectivity index (χ1n) is 7.60. The average molecular weight is 288 g/mol. The van der Waals surface area contributed by atoms with E-state index in [9.17, 15) is 5.26 Å². The zero-order valence-corrected chi connectivity index (χ0v) is 12.8. The van der Waals surface area contributed by atoms with Crippen LogP contribution >= 0.6 is 0 Å². The SMILES string of the molecule is CC(CC(C)(C#N)NC1CC1)OCCOc1ccccc1. The second-order valence-electron chi connectivity index (χ2n) is 5.91. The number of ether oxygens (including phenoxy) is 2. The highest BCUT2D eigenvalue weighted by Crippen LogP contribution is 2.24. The van der Waals surface area contributed by atoms with Crippen molar-refractivity contribution in [1.29, 1.82) is 5.26 Å². The molecule has 0 spiro atoms. The summed E-state index contributed by atoms with van der Waals surface area (Å²) in [4.78, 5) is 0. The molecule has 1 fully saturated rings. The third kappa shape index (κ3) is 5.74. The van der Waals surface area contributed by atoms with E-state index in [1.54, 1.807) is 0 Å². The van der Waals surface area contributed by atoms with Gasteiger partial charge >= 0.3 is 0 Å². The maximum absolute atomic E-state index is 9.34. The molecule has 1 aromatic carbocycles. The number of rotatable bonds is 9. The van der Waals surface area contributed by atoms with Crippen molar-refractivity contribution in [2.75, 3.05) is 13.2 Å². The third-order valence-corrected chi connectivity index (χ3v) is 3.54. The fourth-order valence-corrected chi connectivity index (χ4v) is 2.37. The Hall–Kier alpha value is -1.57. The lowest BCUT2D eigenvalue weighted by Crippen LogP contribution is -2.45. The average Bonchev–Trinajstić information content (AvgIpc) is 3.28. The van der Waals surface area contributed by atoms with Gasteiger partial charge in [0.25, 0.3) is 0 Å². The molecule has 1 N–H and O–H groups in total. The fourth-order valence-electron chi connectivity index (χ4n) is 2.37. The standard InChI is InChI=1S/C17H24N2O2/c1-14(12-17(2,13-18)19-15-8-9-15)20-10-11-21-16-6-4-3-5-7-16/h3-7,14-15,19H,8-12H2,1-2H3. The minimum atomic E-state index is -0.499. The van der Waals surface area contributed by atoms with E-state index in [0.29, 0.717) is 25.7 Å². The molecule has 0 aliphatic heterocycles. The molecule has 4 heteroatoms. The molecular formula is C17H24N2O2. The highest BCUT2D eigenvalue weighted by atomic mass is 16.5. The molecule has 1 aromatic rings. The molecule has 1 aliphatic carbocycles. The number of hydrogen-bond acceptors (Lipinski definition) is 4. The van der Waals surface area contributed by atoms with Gasteiger partial charge in [0.2, 0.25) is 0 Å². The van der Waals surface area contributed by atoms with Gasteiger partial charge in [-0.05, 0) is 38.8 Å². The molecule has 0 bridgehead atoms. The quantitative estimate of drug-likeness (QED) is 0.710. The van der Waals surface area contributed by atoms with Crippen molar-refractivity contribution in [2.45, 2.75) is 50.8 Å². The smallest absolute Gasteiger partial charge is 0.119 e. The summed E-state index contributed by atoms with van der Waals surface area (Å²) in [6.07, 6.45) is 3.07. The molecule has 1 aliphatic rings. The lowest BCUT2D eigenvalue weighted by Gasteiger charge is -2.26. The molecule has 4 nitrogen and oxygen atoms in total. The van der Waals surface area contributed by atoms with Gasteiger partial charge in [0.05, 0.1) is 18.8 Å². The number of benzene rings is 1. The summed E-state index contributed by atoms with van der Waals surface area (Å²) in [7, 11) is 0. The molecule has 0 radical (unpaired) electrons. The molecule has 0 amide bonds. The molecule has 2 atom stereocenters. The largest absolute Gasteiger partial charge is 0.491 e. The Balaban J connectivity index is 1.64. The van der Waals surface area contributed by atoms with E-state index in [4.69, 9.17) is 9.47 Å². The van der Waals surface area contributed by atoms with Crippen molar-refractivity contribution < 1.29 is 9.47 Å². The van der Waals surface area contributed by atoms with Gasteiger partial charge in [0, 0.05) is 12.5 Å². The van der Waals surface area contributed by atoms with E-state index in [-0.39, 0.29) is 6.10 Å². The third-order valence-electron chi connectivity index (χ3n) is 3.54. The van der Waals surface area contributed by atoms with Crippen LogP contribution in [-0.4, -0.2) is 30.9 Å². The second kappa shape index (κ2) is 7.44. The lowest BCUT2D eigenvalue weighted by molar-refractivity contribution is 0.0295. The number of hydrogen-bond donors (Lipinski definition) is 1. The first-order chi connectivity index (χ1) is 10.1. The van der Waals surface area contributed by atoms with Crippen molar-refractivity contribution >= 4 is 0 Å². The van der Waals surface area contributed by atoms with E-state index in [1.165, 1.54) is 12.8 Å². The predicted molar refractivity (Wildman–Crippen MR) is 82.1 cm³/mol. The summed E-state index contributed by atoms with van der Waals surface area (Å²) in [5.74, 6) is 0.853. The Kier molecular flexibility index (Phi) is 5.60. The first kappa shape index (κ1) is 15.8. The van der Waals surface area contributed by atoms with Crippen LogP contribution in [0.1, 0.15) is 33.1 Å². The Morgan fingerprint density at radius 2 is 2.05 bits per heavy atom. The van der Waals surface area contributed by atoms with Gasteiger partial charge in [-0.15, -0.1) is 0 Å². The van der Waals surface area contributed by atoms with Crippen LogP contribution in [0.15, 0.2) is 30.3 Å². The number of nitrogens with zero attached hydrogens (tertiary/aromatic N) is 1. The summed E-state index contributed by atoms with van der Waals surface area (Å²) < 4.78 is 11.3. The lowest BCUT2D eigenvalue weighted by atomic mass is 9.96.